The lowest BCUT2D eigenvalue weighted by molar-refractivity contribution is 0.0318. The number of nitrogens with one attached hydrogen (secondary N) is 1. The van der Waals surface area contributed by atoms with Crippen molar-refractivity contribution in [1.29, 1.82) is 0 Å². The van der Waals surface area contributed by atoms with Crippen molar-refractivity contribution in [3.8, 4) is 0 Å². The first kappa shape index (κ1) is 13.3. The Balaban J connectivity index is 2.09. The highest BCUT2D eigenvalue weighted by Gasteiger charge is 2.18. The lowest BCUT2D eigenvalue weighted by atomic mass is 9.97. The molecule has 1 aliphatic rings. The van der Waals surface area contributed by atoms with E-state index in [0.29, 0.717) is 13.2 Å². The van der Waals surface area contributed by atoms with Crippen LogP contribution in [0, 0.1) is 0 Å². The molecule has 1 aromatic rings. The average Bonchev–Trinajstić information content (AvgIpc) is 2.46. The van der Waals surface area contributed by atoms with Crippen LogP contribution in [0.25, 0.3) is 0 Å². The van der Waals surface area contributed by atoms with Crippen molar-refractivity contribution in [1.82, 2.24) is 5.32 Å². The number of hydrogen-bond donors (Lipinski definition) is 1. The van der Waals surface area contributed by atoms with Crippen LogP contribution in [-0.4, -0.2) is 33.4 Å². The minimum Gasteiger partial charge on any atom is -0.382 e. The van der Waals surface area contributed by atoms with Crippen molar-refractivity contribution >= 4 is 0 Å². The maximum absolute atomic E-state index is 5.99. The second kappa shape index (κ2) is 7.31. The SMILES string of the molecule is COCCOC(C1=CCNCC1)c1ccccc1. The van der Waals surface area contributed by atoms with Crippen LogP contribution >= 0.6 is 0 Å². The van der Waals surface area contributed by atoms with E-state index in [4.69, 9.17) is 9.47 Å². The van der Waals surface area contributed by atoms with E-state index in [1.54, 1.807) is 7.11 Å². The van der Waals surface area contributed by atoms with Gasteiger partial charge < -0.3 is 14.8 Å². The third kappa shape index (κ3) is 3.67. The molecule has 3 heteroatoms. The molecule has 1 aliphatic heterocycles. The van der Waals surface area contributed by atoms with Crippen LogP contribution < -0.4 is 5.32 Å². The first-order chi connectivity index (χ1) is 8.92. The van der Waals surface area contributed by atoms with Gasteiger partial charge in [-0.25, -0.2) is 0 Å². The molecular weight excluding hydrogens is 226 g/mol. The fourth-order valence-electron chi connectivity index (χ4n) is 2.17. The van der Waals surface area contributed by atoms with Crippen molar-refractivity contribution in [3.63, 3.8) is 0 Å². The van der Waals surface area contributed by atoms with Crippen molar-refractivity contribution < 1.29 is 9.47 Å². The molecule has 1 atom stereocenters. The van der Waals surface area contributed by atoms with E-state index < -0.39 is 0 Å². The zero-order valence-corrected chi connectivity index (χ0v) is 10.9. The minimum atomic E-state index is 0.0726. The zero-order valence-electron chi connectivity index (χ0n) is 10.9. The monoisotopic (exact) mass is 247 g/mol. The van der Waals surface area contributed by atoms with Gasteiger partial charge in [0.2, 0.25) is 0 Å². The molecule has 1 N–H and O–H groups in total. The summed E-state index contributed by atoms with van der Waals surface area (Å²) in [5, 5.41) is 3.33. The van der Waals surface area contributed by atoms with E-state index in [-0.39, 0.29) is 6.10 Å². The maximum Gasteiger partial charge on any atom is 0.104 e. The van der Waals surface area contributed by atoms with Crippen LogP contribution in [-0.2, 0) is 9.47 Å². The predicted octanol–water partition coefficient (Wildman–Crippen LogP) is 2.31. The first-order valence-electron chi connectivity index (χ1n) is 6.47. The van der Waals surface area contributed by atoms with Crippen molar-refractivity contribution in [2.45, 2.75) is 12.5 Å². The normalized spacial score (nSPS) is 17.3. The molecule has 1 unspecified atom stereocenters. The summed E-state index contributed by atoms with van der Waals surface area (Å²) in [4.78, 5) is 0. The molecule has 0 saturated heterocycles. The third-order valence-electron chi connectivity index (χ3n) is 3.11. The molecule has 1 heterocycles. The van der Waals surface area contributed by atoms with E-state index in [0.717, 1.165) is 19.5 Å². The van der Waals surface area contributed by atoms with Gasteiger partial charge in [0, 0.05) is 13.7 Å². The van der Waals surface area contributed by atoms with E-state index in [9.17, 15) is 0 Å². The highest BCUT2D eigenvalue weighted by atomic mass is 16.5. The number of benzene rings is 1. The third-order valence-corrected chi connectivity index (χ3v) is 3.11. The Bertz CT molecular complexity index is 375. The zero-order chi connectivity index (χ0) is 12.6. The lowest BCUT2D eigenvalue weighted by Crippen LogP contribution is -2.24. The van der Waals surface area contributed by atoms with Crippen molar-refractivity contribution in [3.05, 3.63) is 47.5 Å². The maximum atomic E-state index is 5.99. The largest absolute Gasteiger partial charge is 0.382 e. The van der Waals surface area contributed by atoms with E-state index in [1.807, 2.05) is 6.07 Å². The van der Waals surface area contributed by atoms with Gasteiger partial charge in [0.1, 0.15) is 6.10 Å². The van der Waals surface area contributed by atoms with Crippen molar-refractivity contribution in [2.75, 3.05) is 33.4 Å². The van der Waals surface area contributed by atoms with Crippen LogP contribution in [0.5, 0.6) is 0 Å². The highest BCUT2D eigenvalue weighted by molar-refractivity contribution is 5.27. The number of hydrogen-bond acceptors (Lipinski definition) is 3. The highest BCUT2D eigenvalue weighted by Crippen LogP contribution is 2.28. The fraction of sp³-hybridized carbons (Fsp3) is 0.467. The Morgan fingerprint density at radius 1 is 1.22 bits per heavy atom. The van der Waals surface area contributed by atoms with Crippen LogP contribution in [0.3, 0.4) is 0 Å². The summed E-state index contributed by atoms with van der Waals surface area (Å²) in [6.07, 6.45) is 3.36. The van der Waals surface area contributed by atoms with Gasteiger partial charge in [0.15, 0.2) is 0 Å². The molecule has 0 aliphatic carbocycles. The molecule has 3 nitrogen and oxygen atoms in total. The molecule has 0 radical (unpaired) electrons. The van der Waals surface area contributed by atoms with Crippen molar-refractivity contribution in [2.24, 2.45) is 0 Å². The van der Waals surface area contributed by atoms with Gasteiger partial charge in [0.25, 0.3) is 0 Å². The summed E-state index contributed by atoms with van der Waals surface area (Å²) in [5.41, 5.74) is 2.60. The van der Waals surface area contributed by atoms with Crippen LogP contribution in [0.2, 0.25) is 0 Å². The van der Waals surface area contributed by atoms with Gasteiger partial charge in [0.05, 0.1) is 13.2 Å². The molecule has 0 spiro atoms. The molecule has 0 bridgehead atoms. The molecule has 98 valence electrons. The lowest BCUT2D eigenvalue weighted by Gasteiger charge is -2.24. The van der Waals surface area contributed by atoms with E-state index in [1.165, 1.54) is 11.1 Å². The Morgan fingerprint density at radius 3 is 2.72 bits per heavy atom. The summed E-state index contributed by atoms with van der Waals surface area (Å²) in [6.45, 7) is 3.23. The smallest absolute Gasteiger partial charge is 0.104 e. The van der Waals surface area contributed by atoms with E-state index >= 15 is 0 Å². The fourth-order valence-corrected chi connectivity index (χ4v) is 2.17. The number of rotatable bonds is 6. The number of ether oxygens (including phenoxy) is 2. The average molecular weight is 247 g/mol. The Labute approximate surface area is 109 Å². The van der Waals surface area contributed by atoms with Gasteiger partial charge in [-0.2, -0.15) is 0 Å². The molecule has 0 amide bonds. The van der Waals surface area contributed by atoms with Gasteiger partial charge in [-0.3, -0.25) is 0 Å². The molecule has 1 aromatic carbocycles. The summed E-state index contributed by atoms with van der Waals surface area (Å²) >= 11 is 0. The van der Waals surface area contributed by atoms with Crippen LogP contribution in [0.4, 0.5) is 0 Å². The second-order valence-electron chi connectivity index (χ2n) is 4.39. The first-order valence-corrected chi connectivity index (χ1v) is 6.47. The van der Waals surface area contributed by atoms with Crippen LogP contribution in [0.15, 0.2) is 42.0 Å². The standard InChI is InChI=1S/C15H21NO2/c1-17-11-12-18-15(13-5-3-2-4-6-13)14-7-9-16-10-8-14/h2-7,15-16H,8-12H2,1H3. The topological polar surface area (TPSA) is 30.5 Å². The molecule has 0 fully saturated rings. The van der Waals surface area contributed by atoms with Crippen LogP contribution in [0.1, 0.15) is 18.1 Å². The Kier molecular flexibility index (Phi) is 5.39. The van der Waals surface area contributed by atoms with E-state index in [2.05, 4.69) is 35.7 Å². The summed E-state index contributed by atoms with van der Waals surface area (Å²) in [5.74, 6) is 0. The predicted molar refractivity (Wildman–Crippen MR) is 72.6 cm³/mol. The summed E-state index contributed by atoms with van der Waals surface area (Å²) in [6, 6.07) is 10.4. The Hall–Kier alpha value is -1.16. The molecular formula is C15H21NO2. The quantitative estimate of drug-likeness (QED) is 0.618. The number of methoxy groups -OCH3 is 1. The van der Waals surface area contributed by atoms with Gasteiger partial charge in [-0.15, -0.1) is 0 Å². The minimum absolute atomic E-state index is 0.0726. The van der Waals surface area contributed by atoms with Gasteiger partial charge in [-0.05, 0) is 24.1 Å². The molecule has 2 rings (SSSR count). The van der Waals surface area contributed by atoms with Gasteiger partial charge >= 0.3 is 0 Å². The molecule has 18 heavy (non-hydrogen) atoms. The second-order valence-corrected chi connectivity index (χ2v) is 4.39. The summed E-state index contributed by atoms with van der Waals surface area (Å²) < 4.78 is 11.0. The Morgan fingerprint density at radius 2 is 2.06 bits per heavy atom. The molecule has 0 saturated carbocycles. The van der Waals surface area contributed by atoms with Gasteiger partial charge in [-0.1, -0.05) is 36.4 Å². The molecule has 0 aromatic heterocycles. The summed E-state index contributed by atoms with van der Waals surface area (Å²) in [7, 11) is 1.70.